The van der Waals surface area contributed by atoms with Gasteiger partial charge in [-0.3, -0.25) is 14.4 Å². The average Bonchev–Trinajstić information content (AvgIpc) is 2.34. The number of carbonyl (C=O) groups is 3. The van der Waals surface area contributed by atoms with Crippen LogP contribution in [0.4, 0.5) is 0 Å². The predicted octanol–water partition coefficient (Wildman–Crippen LogP) is 1.29. The third-order valence-corrected chi connectivity index (χ3v) is 2.87. The molecule has 0 bridgehead atoms. The zero-order chi connectivity index (χ0) is 16.6. The minimum atomic E-state index is -1.06. The maximum absolute atomic E-state index is 12.0. The quantitative estimate of drug-likeness (QED) is 0.487. The molecule has 0 aromatic carbocycles. The summed E-state index contributed by atoms with van der Waals surface area (Å²) < 4.78 is 9.82. The van der Waals surface area contributed by atoms with E-state index in [2.05, 4.69) is 0 Å². The first-order chi connectivity index (χ1) is 9.67. The highest BCUT2D eigenvalue weighted by atomic mass is 16.7. The van der Waals surface area contributed by atoms with Crippen LogP contribution in [0.1, 0.15) is 47.0 Å². The fourth-order valence-corrected chi connectivity index (χ4v) is 1.96. The van der Waals surface area contributed by atoms with E-state index < -0.39 is 36.2 Å². The van der Waals surface area contributed by atoms with E-state index in [1.165, 1.54) is 6.92 Å². The summed E-state index contributed by atoms with van der Waals surface area (Å²) in [4.78, 5) is 33.7. The summed E-state index contributed by atoms with van der Waals surface area (Å²) in [6.07, 6.45) is -0.414. The molecule has 3 atom stereocenters. The van der Waals surface area contributed by atoms with Crippen LogP contribution in [0.3, 0.4) is 0 Å². The van der Waals surface area contributed by atoms with Crippen LogP contribution in [0.25, 0.3) is 0 Å². The van der Waals surface area contributed by atoms with Crippen molar-refractivity contribution in [2.45, 2.75) is 59.3 Å². The van der Waals surface area contributed by atoms with Crippen molar-refractivity contribution >= 4 is 17.9 Å². The van der Waals surface area contributed by atoms with Crippen molar-refractivity contribution in [3.8, 4) is 0 Å². The molecular weight excluding hydrogens is 278 g/mol. The highest BCUT2D eigenvalue weighted by Gasteiger charge is 2.30. The lowest BCUT2D eigenvalue weighted by molar-refractivity contribution is -0.188. The van der Waals surface area contributed by atoms with Crippen LogP contribution in [0.15, 0.2) is 0 Å². The van der Waals surface area contributed by atoms with Gasteiger partial charge in [0.05, 0.1) is 6.42 Å². The second kappa shape index (κ2) is 9.33. The topological polar surface area (TPSA) is 116 Å². The van der Waals surface area contributed by atoms with Crippen molar-refractivity contribution in [1.82, 2.24) is 0 Å². The standard InChI is InChI=1S/C14H25NO6/c1-5-12(20-9(4)16)21-14(19)13(15)10(6-8(2)3)7-11(17)18/h8,10,12-13H,5-7,15H2,1-4H3,(H,17,18). The first-order valence-electron chi connectivity index (χ1n) is 7.02. The Labute approximate surface area is 124 Å². The van der Waals surface area contributed by atoms with Crippen LogP contribution in [0, 0.1) is 11.8 Å². The van der Waals surface area contributed by atoms with Crippen LogP contribution in [0.2, 0.25) is 0 Å². The van der Waals surface area contributed by atoms with Crippen LogP contribution in [-0.2, 0) is 23.9 Å². The molecule has 7 nitrogen and oxygen atoms in total. The van der Waals surface area contributed by atoms with E-state index in [0.717, 1.165) is 0 Å². The Bertz CT molecular complexity index is 368. The average molecular weight is 303 g/mol. The molecule has 0 radical (unpaired) electrons. The number of hydrogen-bond acceptors (Lipinski definition) is 6. The number of rotatable bonds is 9. The summed E-state index contributed by atoms with van der Waals surface area (Å²) in [5.41, 5.74) is 5.81. The van der Waals surface area contributed by atoms with Gasteiger partial charge >= 0.3 is 17.9 Å². The first-order valence-corrected chi connectivity index (χ1v) is 7.02. The molecule has 0 aromatic heterocycles. The number of nitrogens with two attached hydrogens (primary N) is 1. The summed E-state index contributed by atoms with van der Waals surface area (Å²) in [7, 11) is 0. The molecule has 0 aliphatic rings. The van der Waals surface area contributed by atoms with Gasteiger partial charge in [-0.25, -0.2) is 0 Å². The second-order valence-corrected chi connectivity index (χ2v) is 5.40. The molecule has 0 rings (SSSR count). The normalized spacial score (nSPS) is 15.1. The summed E-state index contributed by atoms with van der Waals surface area (Å²) in [5.74, 6) is -2.66. The number of esters is 2. The van der Waals surface area contributed by atoms with E-state index in [1.807, 2.05) is 13.8 Å². The molecule has 0 amide bonds. The van der Waals surface area contributed by atoms with Crippen LogP contribution >= 0.6 is 0 Å². The number of carbonyl (C=O) groups excluding carboxylic acids is 2. The molecule has 0 spiro atoms. The molecule has 0 saturated heterocycles. The Hall–Kier alpha value is -1.63. The minimum absolute atomic E-state index is 0.198. The fourth-order valence-electron chi connectivity index (χ4n) is 1.96. The lowest BCUT2D eigenvalue weighted by Crippen LogP contribution is -2.43. The van der Waals surface area contributed by atoms with Crippen molar-refractivity contribution in [1.29, 1.82) is 0 Å². The molecule has 7 heteroatoms. The summed E-state index contributed by atoms with van der Waals surface area (Å²) in [6.45, 7) is 6.74. The van der Waals surface area contributed by atoms with Crippen molar-refractivity contribution in [2.24, 2.45) is 17.6 Å². The summed E-state index contributed by atoms with van der Waals surface area (Å²) in [5, 5.41) is 8.90. The van der Waals surface area contributed by atoms with Gasteiger partial charge in [-0.2, -0.15) is 0 Å². The molecule has 0 heterocycles. The fraction of sp³-hybridized carbons (Fsp3) is 0.786. The van der Waals surface area contributed by atoms with Gasteiger partial charge in [0, 0.05) is 13.3 Å². The van der Waals surface area contributed by atoms with E-state index in [1.54, 1.807) is 6.92 Å². The number of hydrogen-bond donors (Lipinski definition) is 2. The molecule has 0 aromatic rings. The molecule has 0 aliphatic heterocycles. The maximum atomic E-state index is 12.0. The smallest absolute Gasteiger partial charge is 0.326 e. The van der Waals surface area contributed by atoms with Crippen molar-refractivity contribution in [2.75, 3.05) is 0 Å². The third-order valence-electron chi connectivity index (χ3n) is 2.87. The summed E-state index contributed by atoms with van der Waals surface area (Å²) in [6, 6.07) is -1.06. The highest BCUT2D eigenvalue weighted by Crippen LogP contribution is 2.20. The number of carboxylic acids is 1. The zero-order valence-electron chi connectivity index (χ0n) is 13.0. The van der Waals surface area contributed by atoms with E-state index in [0.29, 0.717) is 12.8 Å². The Morgan fingerprint density at radius 3 is 2.14 bits per heavy atom. The number of ether oxygens (including phenoxy) is 2. The Morgan fingerprint density at radius 2 is 1.76 bits per heavy atom. The largest absolute Gasteiger partial charge is 0.481 e. The molecule has 3 N–H and O–H groups in total. The number of aliphatic carboxylic acids is 1. The van der Waals surface area contributed by atoms with Gasteiger partial charge in [-0.1, -0.05) is 20.8 Å². The van der Waals surface area contributed by atoms with Gasteiger partial charge in [-0.15, -0.1) is 0 Å². The minimum Gasteiger partial charge on any atom is -0.481 e. The van der Waals surface area contributed by atoms with Gasteiger partial charge in [0.15, 0.2) is 0 Å². The monoisotopic (exact) mass is 303 g/mol. The van der Waals surface area contributed by atoms with Crippen LogP contribution < -0.4 is 5.73 Å². The van der Waals surface area contributed by atoms with E-state index in [9.17, 15) is 14.4 Å². The lowest BCUT2D eigenvalue weighted by Gasteiger charge is -2.24. The van der Waals surface area contributed by atoms with E-state index >= 15 is 0 Å². The van der Waals surface area contributed by atoms with Gasteiger partial charge in [-0.05, 0) is 18.3 Å². The first kappa shape index (κ1) is 19.4. The SMILES string of the molecule is CCC(OC(C)=O)OC(=O)C(N)C(CC(=O)O)CC(C)C. The molecule has 3 unspecified atom stereocenters. The molecule has 21 heavy (non-hydrogen) atoms. The van der Waals surface area contributed by atoms with Crippen molar-refractivity contribution in [3.63, 3.8) is 0 Å². The van der Waals surface area contributed by atoms with Gasteiger partial charge in [0.2, 0.25) is 6.29 Å². The van der Waals surface area contributed by atoms with E-state index in [-0.39, 0.29) is 12.3 Å². The van der Waals surface area contributed by atoms with Crippen molar-refractivity contribution < 1.29 is 29.0 Å². The van der Waals surface area contributed by atoms with Gasteiger partial charge in [0.25, 0.3) is 0 Å². The maximum Gasteiger partial charge on any atom is 0.326 e. The molecule has 122 valence electrons. The Balaban J connectivity index is 4.73. The number of carboxylic acid groups (broad SMARTS) is 1. The third kappa shape index (κ3) is 8.29. The predicted molar refractivity (Wildman–Crippen MR) is 75.1 cm³/mol. The highest BCUT2D eigenvalue weighted by molar-refractivity contribution is 5.77. The van der Waals surface area contributed by atoms with Gasteiger partial charge in [0.1, 0.15) is 6.04 Å². The molecule has 0 fully saturated rings. The lowest BCUT2D eigenvalue weighted by atomic mass is 9.88. The molecule has 0 saturated carbocycles. The summed E-state index contributed by atoms with van der Waals surface area (Å²) >= 11 is 0. The van der Waals surface area contributed by atoms with Gasteiger partial charge < -0.3 is 20.3 Å². The van der Waals surface area contributed by atoms with Crippen LogP contribution in [0.5, 0.6) is 0 Å². The second-order valence-electron chi connectivity index (χ2n) is 5.40. The molecular formula is C14H25NO6. The zero-order valence-corrected chi connectivity index (χ0v) is 13.0. The van der Waals surface area contributed by atoms with Crippen LogP contribution in [-0.4, -0.2) is 35.3 Å². The Morgan fingerprint density at radius 1 is 1.19 bits per heavy atom. The van der Waals surface area contributed by atoms with E-state index in [4.69, 9.17) is 20.3 Å². The molecule has 0 aliphatic carbocycles. The Kier molecular flexibility index (Phi) is 8.61. The van der Waals surface area contributed by atoms with Crippen molar-refractivity contribution in [3.05, 3.63) is 0 Å².